The Morgan fingerprint density at radius 1 is 1.09 bits per heavy atom. The van der Waals surface area contributed by atoms with Gasteiger partial charge in [-0.3, -0.25) is 0 Å². The average molecular weight is 156 g/mol. The van der Waals surface area contributed by atoms with Crippen molar-refractivity contribution in [3.63, 3.8) is 0 Å². The first kappa shape index (κ1) is 11.0. The molecule has 0 aromatic rings. The maximum atomic E-state index is 3.88. The fourth-order valence-electron chi connectivity index (χ4n) is 1.19. The molecule has 0 rings (SSSR count). The third-order valence-corrected chi connectivity index (χ3v) is 2.09. The van der Waals surface area contributed by atoms with Crippen LogP contribution < -0.4 is 0 Å². The Kier molecular flexibility index (Phi) is 8.03. The molecule has 0 aliphatic rings. The van der Waals surface area contributed by atoms with E-state index in [9.17, 15) is 0 Å². The van der Waals surface area contributed by atoms with Gasteiger partial charge in [-0.15, -0.1) is 0 Å². The van der Waals surface area contributed by atoms with Crippen molar-refractivity contribution in [2.45, 2.75) is 39.5 Å². The second kappa shape index (κ2) is 8.06. The van der Waals surface area contributed by atoms with Gasteiger partial charge in [0.15, 0.2) is 0 Å². The molecule has 1 heteroatoms. The maximum absolute atomic E-state index is 3.88. The van der Waals surface area contributed by atoms with E-state index in [0.29, 0.717) is 0 Å². The molecule has 1 radical (unpaired) electrons. The lowest BCUT2D eigenvalue weighted by molar-refractivity contribution is 0.308. The Bertz CT molecular complexity index is 67.3. The molecule has 0 heterocycles. The Labute approximate surface area is 71.8 Å². The molecule has 1 nitrogen and oxygen atoms in total. The van der Waals surface area contributed by atoms with Crippen molar-refractivity contribution < 1.29 is 0 Å². The lowest BCUT2D eigenvalue weighted by atomic mass is 10.2. The second-order valence-electron chi connectivity index (χ2n) is 2.99. The Balaban J connectivity index is 3.07. The third-order valence-electron chi connectivity index (χ3n) is 2.09. The van der Waals surface area contributed by atoms with Crippen molar-refractivity contribution in [1.82, 2.24) is 4.90 Å². The smallest absolute Gasteiger partial charge is 0.00184 e. The van der Waals surface area contributed by atoms with Gasteiger partial charge in [0.05, 0.1) is 0 Å². The predicted octanol–water partition coefficient (Wildman–Crippen LogP) is 2.72. The number of rotatable bonds is 7. The summed E-state index contributed by atoms with van der Waals surface area (Å²) in [5.74, 6) is 0. The first-order chi connectivity index (χ1) is 5.35. The van der Waals surface area contributed by atoms with E-state index < -0.39 is 0 Å². The molecule has 0 unspecified atom stereocenters. The van der Waals surface area contributed by atoms with Crippen molar-refractivity contribution >= 4 is 0 Å². The number of nitrogens with zero attached hydrogens (tertiary/aromatic N) is 1. The zero-order chi connectivity index (χ0) is 8.53. The van der Waals surface area contributed by atoms with Crippen LogP contribution in [0, 0.1) is 6.92 Å². The molecule has 0 fully saturated rings. The van der Waals surface area contributed by atoms with Gasteiger partial charge in [-0.25, -0.2) is 0 Å². The van der Waals surface area contributed by atoms with Gasteiger partial charge in [-0.2, -0.15) is 0 Å². The van der Waals surface area contributed by atoms with Crippen molar-refractivity contribution in [2.24, 2.45) is 0 Å². The van der Waals surface area contributed by atoms with Gasteiger partial charge in [-0.1, -0.05) is 33.1 Å². The second-order valence-corrected chi connectivity index (χ2v) is 2.99. The van der Waals surface area contributed by atoms with Crippen molar-refractivity contribution in [1.29, 1.82) is 0 Å². The van der Waals surface area contributed by atoms with Crippen LogP contribution in [-0.4, -0.2) is 24.5 Å². The third kappa shape index (κ3) is 6.36. The van der Waals surface area contributed by atoms with E-state index in [1.807, 2.05) is 0 Å². The van der Waals surface area contributed by atoms with Crippen LogP contribution in [-0.2, 0) is 0 Å². The number of unbranched alkanes of at least 4 members (excludes halogenated alkanes) is 3. The first-order valence-corrected chi connectivity index (χ1v) is 4.86. The first-order valence-electron chi connectivity index (χ1n) is 4.86. The lowest BCUT2D eigenvalue weighted by Gasteiger charge is -2.17. The topological polar surface area (TPSA) is 3.24 Å². The minimum atomic E-state index is 0.961. The van der Waals surface area contributed by atoms with Crippen LogP contribution in [0.25, 0.3) is 0 Å². The average Bonchev–Trinajstić information content (AvgIpc) is 2.05. The van der Waals surface area contributed by atoms with Gasteiger partial charge in [-0.05, 0) is 33.0 Å². The van der Waals surface area contributed by atoms with Gasteiger partial charge >= 0.3 is 0 Å². The SMILES string of the molecule is [CH2]CN(CC)CCCCCC. The van der Waals surface area contributed by atoms with Crippen LogP contribution in [0.15, 0.2) is 0 Å². The zero-order valence-corrected chi connectivity index (χ0v) is 8.10. The summed E-state index contributed by atoms with van der Waals surface area (Å²) in [4.78, 5) is 2.38. The van der Waals surface area contributed by atoms with E-state index in [-0.39, 0.29) is 0 Å². The van der Waals surface area contributed by atoms with Gasteiger partial charge in [0.25, 0.3) is 0 Å². The largest absolute Gasteiger partial charge is 0.304 e. The van der Waals surface area contributed by atoms with Crippen LogP contribution in [0.5, 0.6) is 0 Å². The maximum Gasteiger partial charge on any atom is -0.00184 e. The highest BCUT2D eigenvalue weighted by atomic mass is 15.1. The highest BCUT2D eigenvalue weighted by Gasteiger charge is 1.96. The minimum Gasteiger partial charge on any atom is -0.304 e. The molecule has 67 valence electrons. The number of hydrogen-bond donors (Lipinski definition) is 0. The normalized spacial score (nSPS) is 10.9. The molecular formula is C10H22N. The van der Waals surface area contributed by atoms with Gasteiger partial charge in [0.2, 0.25) is 0 Å². The molecule has 0 aromatic carbocycles. The molecule has 0 spiro atoms. The number of hydrogen-bond acceptors (Lipinski definition) is 1. The lowest BCUT2D eigenvalue weighted by Crippen LogP contribution is -2.23. The minimum absolute atomic E-state index is 0.961. The van der Waals surface area contributed by atoms with Gasteiger partial charge in [0.1, 0.15) is 0 Å². The van der Waals surface area contributed by atoms with Crippen LogP contribution in [0.1, 0.15) is 39.5 Å². The zero-order valence-electron chi connectivity index (χ0n) is 8.10. The summed E-state index contributed by atoms with van der Waals surface area (Å²) in [7, 11) is 0. The van der Waals surface area contributed by atoms with Crippen LogP contribution in [0.4, 0.5) is 0 Å². The predicted molar refractivity (Wildman–Crippen MR) is 51.6 cm³/mol. The van der Waals surface area contributed by atoms with E-state index in [0.717, 1.165) is 13.1 Å². The standard InChI is InChI=1S/C10H22N/c1-4-7-8-9-10-11(5-2)6-3/h2,4-10H2,1,3H3. The van der Waals surface area contributed by atoms with Crippen LogP contribution in [0.3, 0.4) is 0 Å². The van der Waals surface area contributed by atoms with Crippen molar-refractivity contribution in [3.8, 4) is 0 Å². The summed E-state index contributed by atoms with van der Waals surface area (Å²) < 4.78 is 0. The molecule has 0 amide bonds. The molecular weight excluding hydrogens is 134 g/mol. The summed E-state index contributed by atoms with van der Waals surface area (Å²) in [6.07, 6.45) is 5.44. The van der Waals surface area contributed by atoms with E-state index in [2.05, 4.69) is 25.7 Å². The summed E-state index contributed by atoms with van der Waals surface area (Å²) in [6.45, 7) is 11.7. The van der Waals surface area contributed by atoms with Crippen LogP contribution in [0.2, 0.25) is 0 Å². The Morgan fingerprint density at radius 2 is 1.82 bits per heavy atom. The van der Waals surface area contributed by atoms with Crippen molar-refractivity contribution in [3.05, 3.63) is 6.92 Å². The molecule has 0 bridgehead atoms. The van der Waals surface area contributed by atoms with Crippen molar-refractivity contribution in [2.75, 3.05) is 19.6 Å². The van der Waals surface area contributed by atoms with E-state index in [1.165, 1.54) is 32.2 Å². The highest BCUT2D eigenvalue weighted by Crippen LogP contribution is 2.00. The quantitative estimate of drug-likeness (QED) is 0.512. The highest BCUT2D eigenvalue weighted by molar-refractivity contribution is 4.56. The monoisotopic (exact) mass is 156 g/mol. The van der Waals surface area contributed by atoms with E-state index >= 15 is 0 Å². The fraction of sp³-hybridized carbons (Fsp3) is 0.900. The Hall–Kier alpha value is -0.0400. The molecule has 0 saturated heterocycles. The summed E-state index contributed by atoms with van der Waals surface area (Å²) in [5.41, 5.74) is 0. The van der Waals surface area contributed by atoms with Crippen LogP contribution >= 0.6 is 0 Å². The summed E-state index contributed by atoms with van der Waals surface area (Å²) >= 11 is 0. The Morgan fingerprint density at radius 3 is 2.27 bits per heavy atom. The van der Waals surface area contributed by atoms with E-state index in [4.69, 9.17) is 0 Å². The molecule has 0 N–H and O–H groups in total. The molecule has 0 aliphatic heterocycles. The summed E-state index contributed by atoms with van der Waals surface area (Å²) in [6, 6.07) is 0. The molecule has 0 saturated carbocycles. The van der Waals surface area contributed by atoms with Gasteiger partial charge < -0.3 is 4.90 Å². The van der Waals surface area contributed by atoms with E-state index in [1.54, 1.807) is 0 Å². The fourth-order valence-corrected chi connectivity index (χ4v) is 1.19. The summed E-state index contributed by atoms with van der Waals surface area (Å²) in [5, 5.41) is 0. The molecule has 0 aromatic heterocycles. The molecule has 0 atom stereocenters. The molecule has 0 aliphatic carbocycles. The van der Waals surface area contributed by atoms with Gasteiger partial charge in [0, 0.05) is 0 Å². The molecule has 11 heavy (non-hydrogen) atoms.